The van der Waals surface area contributed by atoms with Crippen LogP contribution in [-0.2, 0) is 0 Å². The minimum atomic E-state index is -0.211. The molecule has 7 heteroatoms. The van der Waals surface area contributed by atoms with Gasteiger partial charge in [-0.1, -0.05) is 30.3 Å². The molecule has 1 spiro atoms. The largest absolute Gasteiger partial charge is 0.383 e. The van der Waals surface area contributed by atoms with Crippen LogP contribution in [0.25, 0.3) is 22.4 Å². The molecule has 4 N–H and O–H groups in total. The molecule has 5 atom stereocenters. The van der Waals surface area contributed by atoms with Crippen molar-refractivity contribution >= 4 is 28.6 Å². The molecule has 0 radical (unpaired) electrons. The van der Waals surface area contributed by atoms with E-state index in [1.807, 2.05) is 36.4 Å². The summed E-state index contributed by atoms with van der Waals surface area (Å²) < 4.78 is 0. The quantitative estimate of drug-likeness (QED) is 0.225. The van der Waals surface area contributed by atoms with E-state index in [4.69, 9.17) is 15.7 Å². The lowest BCUT2D eigenvalue weighted by Gasteiger charge is -2.46. The van der Waals surface area contributed by atoms with Crippen LogP contribution in [0.2, 0.25) is 0 Å². The summed E-state index contributed by atoms with van der Waals surface area (Å²) in [6, 6.07) is 19.1. The first-order chi connectivity index (χ1) is 19.0. The summed E-state index contributed by atoms with van der Waals surface area (Å²) in [7, 11) is 0. The first-order valence-corrected chi connectivity index (χ1v) is 14.1. The predicted octanol–water partition coefficient (Wildman–Crippen LogP) is 5.94. The van der Waals surface area contributed by atoms with Crippen molar-refractivity contribution in [1.82, 2.24) is 15.0 Å². The summed E-state index contributed by atoms with van der Waals surface area (Å²) >= 11 is 0. The Hall–Kier alpha value is -4.00. The average Bonchev–Trinajstić information content (AvgIpc) is 3.52. The second kappa shape index (κ2) is 8.25. The van der Waals surface area contributed by atoms with Gasteiger partial charge in [0.1, 0.15) is 17.5 Å². The Morgan fingerprint density at radius 1 is 0.974 bits per heavy atom. The maximum Gasteiger partial charge on any atom is 0.256 e. The molecular weight excluding hydrogens is 484 g/mol. The summed E-state index contributed by atoms with van der Waals surface area (Å²) in [5, 5.41) is 2.82. The molecule has 2 aromatic carbocycles. The Labute approximate surface area is 227 Å². The van der Waals surface area contributed by atoms with E-state index in [1.54, 1.807) is 18.3 Å². The third kappa shape index (κ3) is 3.78. The van der Waals surface area contributed by atoms with Crippen molar-refractivity contribution in [3.63, 3.8) is 0 Å². The van der Waals surface area contributed by atoms with Crippen LogP contribution in [0.1, 0.15) is 60.9 Å². The fraction of sp³-hybridized carbons (Fsp3) is 0.375. The van der Waals surface area contributed by atoms with Crippen LogP contribution in [0.5, 0.6) is 0 Å². The van der Waals surface area contributed by atoms with Gasteiger partial charge in [0, 0.05) is 22.9 Å². The lowest BCUT2D eigenvalue weighted by Crippen LogP contribution is -2.41. The molecule has 4 aliphatic carbocycles. The lowest BCUT2D eigenvalue weighted by atomic mass is 9.61. The van der Waals surface area contributed by atoms with Crippen LogP contribution in [-0.4, -0.2) is 32.2 Å². The Balaban J connectivity index is 1.02. The van der Waals surface area contributed by atoms with Gasteiger partial charge in [0.15, 0.2) is 0 Å². The molecule has 8 rings (SSSR count). The standard InChI is InChI=1S/C32H32N6O/c33-28(38-32-16-20-11-19-12-24(17-32)31(14-19,15-20)18-32)21-4-6-22(7-5-21)29-35-25-9-8-23(13-26(25)36-29)30(39)37-27-3-1-2-10-34-27/h1-10,13,19-20,24H,11-12,14-18H2,(H2,33,38)(H,35,36)(H,34,37,39)/t19-,20-,24-,31?,32?/m0/s1. The predicted molar refractivity (Wildman–Crippen MR) is 152 cm³/mol. The van der Waals surface area contributed by atoms with Gasteiger partial charge in [-0.05, 0) is 98.4 Å². The zero-order chi connectivity index (χ0) is 26.2. The maximum absolute atomic E-state index is 12.7. The molecule has 4 bridgehead atoms. The van der Waals surface area contributed by atoms with Gasteiger partial charge in [-0.15, -0.1) is 0 Å². The van der Waals surface area contributed by atoms with Crippen LogP contribution in [0.4, 0.5) is 5.82 Å². The van der Waals surface area contributed by atoms with Crippen LogP contribution >= 0.6 is 0 Å². The maximum atomic E-state index is 12.7. The number of hydrogen-bond acceptors (Lipinski definition) is 4. The van der Waals surface area contributed by atoms with Gasteiger partial charge in [-0.25, -0.2) is 9.97 Å². The molecule has 1 amide bonds. The Morgan fingerprint density at radius 2 is 1.82 bits per heavy atom. The smallest absolute Gasteiger partial charge is 0.256 e. The van der Waals surface area contributed by atoms with Gasteiger partial charge < -0.3 is 16.0 Å². The fourth-order valence-electron chi connectivity index (χ4n) is 8.82. The highest BCUT2D eigenvalue weighted by Gasteiger charge is 2.65. The van der Waals surface area contributed by atoms with E-state index in [0.29, 0.717) is 22.6 Å². The number of H-pyrrole nitrogens is 1. The number of rotatable bonds is 5. The van der Waals surface area contributed by atoms with Gasteiger partial charge in [0.25, 0.3) is 5.91 Å². The number of hydrogen-bond donors (Lipinski definition) is 3. The van der Waals surface area contributed by atoms with Crippen LogP contribution < -0.4 is 11.1 Å². The van der Waals surface area contributed by atoms with Gasteiger partial charge in [-0.2, -0.15) is 0 Å². The molecule has 4 aromatic rings. The van der Waals surface area contributed by atoms with Gasteiger partial charge in [-0.3, -0.25) is 9.79 Å². The van der Waals surface area contributed by atoms with Crippen molar-refractivity contribution in [3.8, 4) is 11.4 Å². The number of carbonyl (C=O) groups is 1. The molecule has 2 aromatic heterocycles. The lowest BCUT2D eigenvalue weighted by molar-refractivity contribution is 0.0732. The Morgan fingerprint density at radius 3 is 2.67 bits per heavy atom. The second-order valence-corrected chi connectivity index (χ2v) is 12.5. The van der Waals surface area contributed by atoms with Crippen molar-refractivity contribution in [1.29, 1.82) is 0 Å². The second-order valence-electron chi connectivity index (χ2n) is 12.5. The van der Waals surface area contributed by atoms with E-state index in [-0.39, 0.29) is 11.4 Å². The molecule has 2 unspecified atom stereocenters. The molecule has 4 fully saturated rings. The molecule has 196 valence electrons. The van der Waals surface area contributed by atoms with E-state index in [9.17, 15) is 4.79 Å². The number of amides is 1. The van der Waals surface area contributed by atoms with Crippen molar-refractivity contribution in [3.05, 3.63) is 78.0 Å². The molecule has 7 nitrogen and oxygen atoms in total. The molecule has 0 saturated heterocycles. The summed E-state index contributed by atoms with van der Waals surface area (Å²) in [6.07, 6.45) is 11.1. The highest BCUT2D eigenvalue weighted by molar-refractivity contribution is 6.05. The average molecular weight is 517 g/mol. The molecule has 0 aliphatic heterocycles. The Bertz CT molecular complexity index is 1630. The number of pyridine rings is 1. The Kier molecular flexibility index (Phi) is 4.85. The number of aromatic nitrogens is 3. The number of fused-ring (bicyclic) bond motifs is 4. The van der Waals surface area contributed by atoms with Gasteiger partial charge >= 0.3 is 0 Å². The zero-order valence-corrected chi connectivity index (χ0v) is 21.9. The zero-order valence-electron chi connectivity index (χ0n) is 21.9. The van der Waals surface area contributed by atoms with Crippen LogP contribution in [0, 0.1) is 23.2 Å². The number of nitrogens with one attached hydrogen (secondary N) is 2. The van der Waals surface area contributed by atoms with E-state index in [0.717, 1.165) is 45.7 Å². The molecule has 39 heavy (non-hydrogen) atoms. The third-order valence-electron chi connectivity index (χ3n) is 9.98. The van der Waals surface area contributed by atoms with Crippen LogP contribution in [0.15, 0.2) is 71.9 Å². The van der Waals surface area contributed by atoms with Gasteiger partial charge in [0.2, 0.25) is 0 Å². The van der Waals surface area contributed by atoms with E-state index in [1.165, 1.54) is 44.9 Å². The number of aliphatic imine (C=N–C) groups is 1. The van der Waals surface area contributed by atoms with Crippen molar-refractivity contribution < 1.29 is 4.79 Å². The topological polar surface area (TPSA) is 109 Å². The number of nitrogens with two attached hydrogens (primary N) is 1. The number of amidine groups is 1. The normalized spacial score (nSPS) is 30.7. The van der Waals surface area contributed by atoms with Crippen molar-refractivity contribution in [2.45, 2.75) is 50.5 Å². The highest BCUT2D eigenvalue weighted by Crippen LogP contribution is 2.71. The summed E-state index contributed by atoms with van der Waals surface area (Å²) in [5.41, 5.74) is 11.4. The van der Waals surface area contributed by atoms with E-state index >= 15 is 0 Å². The van der Waals surface area contributed by atoms with Crippen molar-refractivity contribution in [2.24, 2.45) is 33.9 Å². The fourth-order valence-corrected chi connectivity index (χ4v) is 8.82. The highest BCUT2D eigenvalue weighted by atomic mass is 16.1. The first kappa shape index (κ1) is 22.9. The SMILES string of the molecule is NC(=NC12C[C@H]3C[C@H]4C[C@@H](C1)C(C3)(C4)C2)c1ccc(-c2nc3ccc(C(=O)Nc4ccccn4)cc3[nH]2)cc1. The number of aromatic amines is 1. The summed E-state index contributed by atoms with van der Waals surface area (Å²) in [4.78, 5) is 30.2. The van der Waals surface area contributed by atoms with E-state index in [2.05, 4.69) is 27.4 Å². The molecule has 4 aliphatic rings. The summed E-state index contributed by atoms with van der Waals surface area (Å²) in [5.74, 6) is 4.42. The van der Waals surface area contributed by atoms with Gasteiger partial charge in [0.05, 0.1) is 16.6 Å². The van der Waals surface area contributed by atoms with Crippen LogP contribution in [0.3, 0.4) is 0 Å². The van der Waals surface area contributed by atoms with E-state index < -0.39 is 0 Å². The first-order valence-electron chi connectivity index (χ1n) is 14.1. The monoisotopic (exact) mass is 516 g/mol. The summed E-state index contributed by atoms with van der Waals surface area (Å²) in [6.45, 7) is 0. The number of nitrogens with zero attached hydrogens (tertiary/aromatic N) is 3. The number of imidazole rings is 1. The third-order valence-corrected chi connectivity index (χ3v) is 9.98. The van der Waals surface area contributed by atoms with Crippen molar-refractivity contribution in [2.75, 3.05) is 5.32 Å². The molecule has 2 heterocycles. The molecule has 4 saturated carbocycles. The number of carbonyl (C=O) groups excluding carboxylic acids is 1. The minimum absolute atomic E-state index is 0.0566. The number of benzene rings is 2. The number of anilines is 1. The minimum Gasteiger partial charge on any atom is -0.383 e. The molecular formula is C32H32N6O.